The summed E-state index contributed by atoms with van der Waals surface area (Å²) in [4.78, 5) is 0. The molecule has 0 saturated heterocycles. The Balaban J connectivity index is 3.14. The zero-order valence-electron chi connectivity index (χ0n) is 5.02. The molecule has 2 atom stereocenters. The molecular formula is C6H13O. The van der Waals surface area contributed by atoms with Crippen LogP contribution in [0.1, 0.15) is 20.3 Å². The van der Waals surface area contributed by atoms with Crippen molar-refractivity contribution in [2.45, 2.75) is 26.4 Å². The summed E-state index contributed by atoms with van der Waals surface area (Å²) in [5.74, 6) is 0.347. The van der Waals surface area contributed by atoms with Crippen LogP contribution in [-0.4, -0.2) is 11.2 Å². The predicted octanol–water partition coefficient (Wildman–Crippen LogP) is 1.23. The van der Waals surface area contributed by atoms with Gasteiger partial charge in [0.2, 0.25) is 0 Å². The maximum absolute atomic E-state index is 8.78. The van der Waals surface area contributed by atoms with Crippen LogP contribution in [0.3, 0.4) is 0 Å². The van der Waals surface area contributed by atoms with E-state index in [0.717, 1.165) is 6.42 Å². The second-order valence-corrected chi connectivity index (χ2v) is 2.01. The summed E-state index contributed by atoms with van der Waals surface area (Å²) in [6.45, 7) is 7.42. The average Bonchev–Trinajstić information content (AvgIpc) is 1.65. The maximum atomic E-state index is 8.78. The van der Waals surface area contributed by atoms with E-state index in [1.807, 2.05) is 6.92 Å². The monoisotopic (exact) mass is 101 g/mol. The van der Waals surface area contributed by atoms with Gasteiger partial charge in [-0.3, -0.25) is 0 Å². The molecule has 43 valence electrons. The molecule has 0 aliphatic heterocycles. The molecule has 0 aliphatic carbocycles. The minimum absolute atomic E-state index is 0.197. The van der Waals surface area contributed by atoms with E-state index in [9.17, 15) is 0 Å². The lowest BCUT2D eigenvalue weighted by atomic mass is 10.0. The number of hydrogen-bond acceptors (Lipinski definition) is 1. The molecule has 0 bridgehead atoms. The highest BCUT2D eigenvalue weighted by Gasteiger charge is 2.03. The van der Waals surface area contributed by atoms with Crippen molar-refractivity contribution in [1.29, 1.82) is 0 Å². The Morgan fingerprint density at radius 1 is 1.57 bits per heavy atom. The Bertz CT molecular complexity index is 41.4. The lowest BCUT2D eigenvalue weighted by Gasteiger charge is -2.09. The van der Waals surface area contributed by atoms with E-state index in [0.29, 0.717) is 5.92 Å². The number of hydrogen-bond donors (Lipinski definition) is 1. The van der Waals surface area contributed by atoms with Crippen molar-refractivity contribution < 1.29 is 5.11 Å². The van der Waals surface area contributed by atoms with Crippen LogP contribution < -0.4 is 0 Å². The first-order chi connectivity index (χ1) is 3.18. The molecule has 0 aromatic heterocycles. The fourth-order valence-electron chi connectivity index (χ4n) is 0.241. The van der Waals surface area contributed by atoms with Crippen molar-refractivity contribution in [3.63, 3.8) is 0 Å². The molecule has 0 spiro atoms. The predicted molar refractivity (Wildman–Crippen MR) is 30.8 cm³/mol. The third-order valence-electron chi connectivity index (χ3n) is 1.28. The van der Waals surface area contributed by atoms with Gasteiger partial charge in [-0.1, -0.05) is 13.8 Å². The molecule has 1 N–H and O–H groups in total. The lowest BCUT2D eigenvalue weighted by molar-refractivity contribution is 0.136. The number of aliphatic hydroxyl groups excluding tert-OH is 1. The molecular weight excluding hydrogens is 88.1 g/mol. The second-order valence-electron chi connectivity index (χ2n) is 2.01. The van der Waals surface area contributed by atoms with Gasteiger partial charge in [0.05, 0.1) is 6.10 Å². The summed E-state index contributed by atoms with van der Waals surface area (Å²) in [7, 11) is 0. The van der Waals surface area contributed by atoms with E-state index in [2.05, 4.69) is 6.92 Å². The maximum Gasteiger partial charge on any atom is 0.0537 e. The minimum atomic E-state index is -0.197. The standard InChI is InChI=1S/C6H13O/c1-4-5(2)6(3)7/h5-7H,1,4H2,2-3H3. The van der Waals surface area contributed by atoms with Crippen molar-refractivity contribution in [2.75, 3.05) is 0 Å². The van der Waals surface area contributed by atoms with Gasteiger partial charge in [0.15, 0.2) is 0 Å². The molecule has 1 radical (unpaired) electrons. The SMILES string of the molecule is [CH2]CC(C)C(C)O. The first kappa shape index (κ1) is 6.96. The first-order valence-corrected chi connectivity index (χ1v) is 2.65. The van der Waals surface area contributed by atoms with Crippen molar-refractivity contribution in [3.8, 4) is 0 Å². The smallest absolute Gasteiger partial charge is 0.0537 e. The summed E-state index contributed by atoms with van der Waals surface area (Å²) < 4.78 is 0. The molecule has 0 aliphatic rings. The molecule has 0 aromatic rings. The van der Waals surface area contributed by atoms with Gasteiger partial charge in [-0.2, -0.15) is 0 Å². The van der Waals surface area contributed by atoms with Crippen molar-refractivity contribution in [3.05, 3.63) is 6.92 Å². The zero-order chi connectivity index (χ0) is 5.86. The molecule has 1 heteroatoms. The normalized spacial score (nSPS) is 18.9. The van der Waals surface area contributed by atoms with E-state index in [1.54, 1.807) is 6.92 Å². The van der Waals surface area contributed by atoms with Crippen molar-refractivity contribution in [1.82, 2.24) is 0 Å². The quantitative estimate of drug-likeness (QED) is 0.554. The van der Waals surface area contributed by atoms with Crippen LogP contribution in [0.15, 0.2) is 0 Å². The van der Waals surface area contributed by atoms with Gasteiger partial charge in [-0.25, -0.2) is 0 Å². The molecule has 0 rings (SSSR count). The molecule has 0 fully saturated rings. The summed E-state index contributed by atoms with van der Waals surface area (Å²) >= 11 is 0. The summed E-state index contributed by atoms with van der Waals surface area (Å²) in [5.41, 5.74) is 0. The average molecular weight is 101 g/mol. The van der Waals surface area contributed by atoms with Gasteiger partial charge in [0.25, 0.3) is 0 Å². The van der Waals surface area contributed by atoms with Crippen molar-refractivity contribution >= 4 is 0 Å². The van der Waals surface area contributed by atoms with Crippen LogP contribution in [0.25, 0.3) is 0 Å². The second kappa shape index (κ2) is 3.03. The van der Waals surface area contributed by atoms with Gasteiger partial charge < -0.3 is 5.11 Å². The van der Waals surface area contributed by atoms with E-state index in [-0.39, 0.29) is 6.10 Å². The Kier molecular flexibility index (Phi) is 3.01. The molecule has 2 unspecified atom stereocenters. The van der Waals surface area contributed by atoms with Gasteiger partial charge >= 0.3 is 0 Å². The van der Waals surface area contributed by atoms with Crippen LogP contribution in [0.4, 0.5) is 0 Å². The molecule has 7 heavy (non-hydrogen) atoms. The molecule has 1 nitrogen and oxygen atoms in total. The molecule has 0 amide bonds. The Hall–Kier alpha value is -0.0400. The summed E-state index contributed by atoms with van der Waals surface area (Å²) in [5, 5.41) is 8.78. The largest absolute Gasteiger partial charge is 0.393 e. The highest BCUT2D eigenvalue weighted by Crippen LogP contribution is 2.04. The Morgan fingerprint density at radius 3 is 2.00 bits per heavy atom. The van der Waals surface area contributed by atoms with Crippen LogP contribution in [-0.2, 0) is 0 Å². The van der Waals surface area contributed by atoms with Gasteiger partial charge in [-0.15, -0.1) is 0 Å². The van der Waals surface area contributed by atoms with Gasteiger partial charge in [-0.05, 0) is 19.3 Å². The van der Waals surface area contributed by atoms with E-state index >= 15 is 0 Å². The highest BCUT2D eigenvalue weighted by atomic mass is 16.3. The van der Waals surface area contributed by atoms with Crippen LogP contribution in [0.2, 0.25) is 0 Å². The number of aliphatic hydroxyl groups is 1. The van der Waals surface area contributed by atoms with E-state index in [1.165, 1.54) is 0 Å². The molecule has 0 heterocycles. The lowest BCUT2D eigenvalue weighted by Crippen LogP contribution is -2.10. The topological polar surface area (TPSA) is 20.2 Å². The summed E-state index contributed by atoms with van der Waals surface area (Å²) in [6, 6.07) is 0. The molecule has 0 saturated carbocycles. The number of rotatable bonds is 2. The fourth-order valence-corrected chi connectivity index (χ4v) is 0.241. The molecule has 0 aromatic carbocycles. The van der Waals surface area contributed by atoms with Crippen molar-refractivity contribution in [2.24, 2.45) is 5.92 Å². The third kappa shape index (κ3) is 2.63. The van der Waals surface area contributed by atoms with E-state index in [4.69, 9.17) is 5.11 Å². The first-order valence-electron chi connectivity index (χ1n) is 2.65. The minimum Gasteiger partial charge on any atom is -0.393 e. The van der Waals surface area contributed by atoms with Crippen LogP contribution in [0.5, 0.6) is 0 Å². The Labute approximate surface area is 45.4 Å². The van der Waals surface area contributed by atoms with E-state index < -0.39 is 0 Å². The van der Waals surface area contributed by atoms with Crippen LogP contribution >= 0.6 is 0 Å². The van der Waals surface area contributed by atoms with Gasteiger partial charge in [0.1, 0.15) is 0 Å². The highest BCUT2D eigenvalue weighted by molar-refractivity contribution is 4.58. The zero-order valence-corrected chi connectivity index (χ0v) is 5.02. The summed E-state index contributed by atoms with van der Waals surface area (Å²) in [6.07, 6.45) is 0.620. The fraction of sp³-hybridized carbons (Fsp3) is 0.833. The van der Waals surface area contributed by atoms with Crippen LogP contribution in [0, 0.1) is 12.8 Å². The third-order valence-corrected chi connectivity index (χ3v) is 1.28. The van der Waals surface area contributed by atoms with Gasteiger partial charge in [0, 0.05) is 0 Å². The Morgan fingerprint density at radius 2 is 2.00 bits per heavy atom.